The van der Waals surface area contributed by atoms with E-state index in [-0.39, 0.29) is 23.2 Å². The Morgan fingerprint density at radius 2 is 1.84 bits per heavy atom. The second kappa shape index (κ2) is 9.69. The van der Waals surface area contributed by atoms with Crippen LogP contribution < -0.4 is 4.74 Å². The van der Waals surface area contributed by atoms with Gasteiger partial charge in [0.25, 0.3) is 11.7 Å². The molecule has 0 aliphatic carbocycles. The average molecular weight is 424 g/mol. The molecule has 0 saturated carbocycles. The van der Waals surface area contributed by atoms with Crippen LogP contribution in [-0.4, -0.2) is 39.5 Å². The standard InChI is InChI=1S/C25H29NO5/c1-4-5-6-13-26-22(17-9-7-11-19(27)14-17)21(24(29)25(26)30)23(28)18-10-8-12-20(15-18)31-16(2)3/h7-12,14-16,22,27-28H,4-6,13H2,1-3H3/b23-21-. The number of likely N-dealkylation sites (tertiary alicyclic amines) is 1. The lowest BCUT2D eigenvalue weighted by atomic mass is 9.95. The van der Waals surface area contributed by atoms with Gasteiger partial charge in [0.2, 0.25) is 0 Å². The monoisotopic (exact) mass is 423 g/mol. The number of phenolic OH excluding ortho intramolecular Hbond substituents is 1. The van der Waals surface area contributed by atoms with Crippen LogP contribution in [0.25, 0.3) is 5.76 Å². The molecule has 1 aliphatic rings. The van der Waals surface area contributed by atoms with Gasteiger partial charge >= 0.3 is 0 Å². The summed E-state index contributed by atoms with van der Waals surface area (Å²) >= 11 is 0. The van der Waals surface area contributed by atoms with Crippen LogP contribution in [0.2, 0.25) is 0 Å². The SMILES string of the molecule is CCCCCN1C(=O)C(=O)/C(=C(\O)c2cccc(OC(C)C)c2)C1c1cccc(O)c1. The number of phenols is 1. The third kappa shape index (κ3) is 4.90. The lowest BCUT2D eigenvalue weighted by Gasteiger charge is -2.25. The van der Waals surface area contributed by atoms with Gasteiger partial charge in [-0.1, -0.05) is 44.0 Å². The van der Waals surface area contributed by atoms with Crippen LogP contribution in [0.4, 0.5) is 0 Å². The van der Waals surface area contributed by atoms with Crippen molar-refractivity contribution in [1.29, 1.82) is 0 Å². The van der Waals surface area contributed by atoms with Crippen molar-refractivity contribution >= 4 is 17.4 Å². The van der Waals surface area contributed by atoms with Gasteiger partial charge in [-0.05, 0) is 50.1 Å². The molecular weight excluding hydrogens is 394 g/mol. The van der Waals surface area contributed by atoms with Gasteiger partial charge in [-0.25, -0.2) is 0 Å². The lowest BCUT2D eigenvalue weighted by Crippen LogP contribution is -2.30. The number of hydrogen-bond acceptors (Lipinski definition) is 5. The quantitative estimate of drug-likeness (QED) is 0.276. The van der Waals surface area contributed by atoms with Gasteiger partial charge in [0.1, 0.15) is 17.3 Å². The zero-order chi connectivity index (χ0) is 22.5. The second-order valence-electron chi connectivity index (χ2n) is 7.99. The summed E-state index contributed by atoms with van der Waals surface area (Å²) in [6.07, 6.45) is 2.60. The summed E-state index contributed by atoms with van der Waals surface area (Å²) in [5.74, 6) is -1.02. The topological polar surface area (TPSA) is 87.1 Å². The maximum absolute atomic E-state index is 13.0. The normalized spacial score (nSPS) is 18.1. The Kier molecular flexibility index (Phi) is 7.00. The van der Waals surface area contributed by atoms with Crippen molar-refractivity contribution in [3.8, 4) is 11.5 Å². The molecule has 1 heterocycles. The number of unbranched alkanes of at least 4 members (excludes halogenated alkanes) is 2. The van der Waals surface area contributed by atoms with Crippen molar-refractivity contribution in [2.75, 3.05) is 6.54 Å². The molecule has 0 bridgehead atoms. The number of nitrogens with zero attached hydrogens (tertiary/aromatic N) is 1. The van der Waals surface area contributed by atoms with Crippen LogP contribution in [0.3, 0.4) is 0 Å². The molecule has 1 fully saturated rings. The predicted molar refractivity (Wildman–Crippen MR) is 119 cm³/mol. The fraction of sp³-hybridized carbons (Fsp3) is 0.360. The molecule has 1 aliphatic heterocycles. The number of aromatic hydroxyl groups is 1. The molecule has 0 radical (unpaired) electrons. The van der Waals surface area contributed by atoms with E-state index in [1.54, 1.807) is 36.4 Å². The Hall–Kier alpha value is -3.28. The second-order valence-corrected chi connectivity index (χ2v) is 7.99. The van der Waals surface area contributed by atoms with Gasteiger partial charge < -0.3 is 19.8 Å². The Labute approximate surface area is 182 Å². The molecule has 0 spiro atoms. The van der Waals surface area contributed by atoms with E-state index in [1.807, 2.05) is 13.8 Å². The molecule has 1 unspecified atom stereocenters. The van der Waals surface area contributed by atoms with Crippen molar-refractivity contribution in [2.45, 2.75) is 52.2 Å². The molecule has 6 heteroatoms. The van der Waals surface area contributed by atoms with Crippen molar-refractivity contribution < 1.29 is 24.5 Å². The van der Waals surface area contributed by atoms with Crippen LogP contribution >= 0.6 is 0 Å². The van der Waals surface area contributed by atoms with Crippen LogP contribution in [0.15, 0.2) is 54.1 Å². The molecule has 2 aromatic rings. The highest BCUT2D eigenvalue weighted by molar-refractivity contribution is 6.46. The summed E-state index contributed by atoms with van der Waals surface area (Å²) in [6.45, 7) is 6.26. The number of ketones is 1. The molecule has 31 heavy (non-hydrogen) atoms. The number of amides is 1. The van der Waals surface area contributed by atoms with Crippen LogP contribution in [-0.2, 0) is 9.59 Å². The summed E-state index contributed by atoms with van der Waals surface area (Å²) in [6, 6.07) is 12.5. The molecule has 1 saturated heterocycles. The summed E-state index contributed by atoms with van der Waals surface area (Å²) in [5, 5.41) is 21.1. The maximum atomic E-state index is 13.0. The predicted octanol–water partition coefficient (Wildman–Crippen LogP) is 4.79. The van der Waals surface area contributed by atoms with Crippen molar-refractivity contribution in [3.63, 3.8) is 0 Å². The third-order valence-electron chi connectivity index (χ3n) is 5.21. The average Bonchev–Trinajstić information content (AvgIpc) is 2.98. The van der Waals surface area contributed by atoms with Gasteiger partial charge in [0.05, 0.1) is 17.7 Å². The molecular formula is C25H29NO5. The number of hydrogen-bond donors (Lipinski definition) is 2. The van der Waals surface area contributed by atoms with Crippen molar-refractivity contribution in [2.24, 2.45) is 0 Å². The van der Waals surface area contributed by atoms with Gasteiger partial charge in [0.15, 0.2) is 0 Å². The highest BCUT2D eigenvalue weighted by Gasteiger charge is 2.45. The number of carbonyl (C=O) groups is 2. The first kappa shape index (κ1) is 22.4. The largest absolute Gasteiger partial charge is 0.508 e. The van der Waals surface area contributed by atoms with E-state index in [1.165, 1.54) is 17.0 Å². The number of aliphatic hydroxyl groups excluding tert-OH is 1. The highest BCUT2D eigenvalue weighted by Crippen LogP contribution is 2.40. The molecule has 0 aromatic heterocycles. The number of rotatable bonds is 8. The zero-order valence-electron chi connectivity index (χ0n) is 18.2. The fourth-order valence-electron chi connectivity index (χ4n) is 3.83. The number of aliphatic hydroxyl groups is 1. The first-order valence-corrected chi connectivity index (χ1v) is 10.7. The molecule has 1 amide bonds. The van der Waals surface area contributed by atoms with Crippen molar-refractivity contribution in [1.82, 2.24) is 4.90 Å². The number of Topliss-reactive ketones (excluding diaryl/α,β-unsaturated/α-hetero) is 1. The number of ether oxygens (including phenoxy) is 1. The van der Waals surface area contributed by atoms with Crippen LogP contribution in [0.5, 0.6) is 11.5 Å². The summed E-state index contributed by atoms with van der Waals surface area (Å²) < 4.78 is 5.70. The fourth-order valence-corrected chi connectivity index (χ4v) is 3.83. The Bertz CT molecular complexity index is 995. The number of carbonyl (C=O) groups excluding carboxylic acids is 2. The van der Waals surface area contributed by atoms with E-state index in [9.17, 15) is 19.8 Å². The zero-order valence-corrected chi connectivity index (χ0v) is 18.2. The van der Waals surface area contributed by atoms with E-state index >= 15 is 0 Å². The smallest absolute Gasteiger partial charge is 0.295 e. The van der Waals surface area contributed by atoms with Crippen LogP contribution in [0.1, 0.15) is 57.2 Å². The van der Waals surface area contributed by atoms with E-state index in [2.05, 4.69) is 6.92 Å². The minimum Gasteiger partial charge on any atom is -0.508 e. The molecule has 2 aromatic carbocycles. The first-order valence-electron chi connectivity index (χ1n) is 10.7. The molecule has 6 nitrogen and oxygen atoms in total. The highest BCUT2D eigenvalue weighted by atomic mass is 16.5. The molecule has 3 rings (SSSR count). The number of benzene rings is 2. The Balaban J connectivity index is 2.10. The van der Waals surface area contributed by atoms with Gasteiger partial charge in [-0.15, -0.1) is 0 Å². The van der Waals surface area contributed by atoms with Gasteiger partial charge in [-0.3, -0.25) is 9.59 Å². The molecule has 164 valence electrons. The van der Waals surface area contributed by atoms with E-state index in [0.717, 1.165) is 19.3 Å². The van der Waals surface area contributed by atoms with Crippen LogP contribution in [0, 0.1) is 0 Å². The summed E-state index contributed by atoms with van der Waals surface area (Å²) in [7, 11) is 0. The minimum atomic E-state index is -0.765. The van der Waals surface area contributed by atoms with Gasteiger partial charge in [0, 0.05) is 12.1 Å². The Morgan fingerprint density at radius 3 is 2.52 bits per heavy atom. The van der Waals surface area contributed by atoms with E-state index in [0.29, 0.717) is 23.4 Å². The first-order chi connectivity index (χ1) is 14.8. The summed E-state index contributed by atoms with van der Waals surface area (Å²) in [5.41, 5.74) is 0.996. The third-order valence-corrected chi connectivity index (χ3v) is 5.21. The van der Waals surface area contributed by atoms with E-state index in [4.69, 9.17) is 4.74 Å². The van der Waals surface area contributed by atoms with Crippen molar-refractivity contribution in [3.05, 3.63) is 65.2 Å². The molecule has 1 atom stereocenters. The van der Waals surface area contributed by atoms with Gasteiger partial charge in [-0.2, -0.15) is 0 Å². The van der Waals surface area contributed by atoms with E-state index < -0.39 is 17.7 Å². The minimum absolute atomic E-state index is 0.0220. The Morgan fingerprint density at radius 1 is 1.10 bits per heavy atom. The molecule has 2 N–H and O–H groups in total. The lowest BCUT2D eigenvalue weighted by molar-refractivity contribution is -0.139. The summed E-state index contributed by atoms with van der Waals surface area (Å²) in [4.78, 5) is 27.4. The maximum Gasteiger partial charge on any atom is 0.295 e.